The van der Waals surface area contributed by atoms with Gasteiger partial charge in [0.2, 0.25) is 10.0 Å². The molecule has 1 aliphatic rings. The zero-order valence-electron chi connectivity index (χ0n) is 10.2. The highest BCUT2D eigenvalue weighted by Crippen LogP contribution is 2.24. The van der Waals surface area contributed by atoms with Gasteiger partial charge in [-0.05, 0) is 12.1 Å². The van der Waals surface area contributed by atoms with Crippen LogP contribution in [0.25, 0.3) is 0 Å². The van der Waals surface area contributed by atoms with E-state index in [-0.39, 0.29) is 10.7 Å². The number of nitrogens with zero attached hydrogens (tertiary/aromatic N) is 1. The van der Waals surface area contributed by atoms with Crippen molar-refractivity contribution in [1.82, 2.24) is 9.71 Å². The van der Waals surface area contributed by atoms with E-state index >= 15 is 0 Å². The van der Waals surface area contributed by atoms with Gasteiger partial charge in [0.05, 0.1) is 0 Å². The van der Waals surface area contributed by atoms with E-state index in [0.717, 1.165) is 17.3 Å². The van der Waals surface area contributed by atoms with Crippen LogP contribution in [0, 0.1) is 0 Å². The maximum atomic E-state index is 12.2. The summed E-state index contributed by atoms with van der Waals surface area (Å²) in [6, 6.07) is 3.05. The van der Waals surface area contributed by atoms with Crippen molar-refractivity contribution in [3.05, 3.63) is 18.3 Å². The summed E-state index contributed by atoms with van der Waals surface area (Å²) in [5.74, 6) is 8.61. The van der Waals surface area contributed by atoms with Crippen LogP contribution in [0.1, 0.15) is 0 Å². The lowest BCUT2D eigenvalue weighted by Gasteiger charge is -2.21. The number of rotatable bonds is 5. The second-order valence-electron chi connectivity index (χ2n) is 3.91. The van der Waals surface area contributed by atoms with Gasteiger partial charge in [-0.3, -0.25) is 0 Å². The van der Waals surface area contributed by atoms with E-state index in [4.69, 9.17) is 5.84 Å². The fourth-order valence-electron chi connectivity index (χ4n) is 1.65. The zero-order valence-corrected chi connectivity index (χ0v) is 12.7. The minimum atomic E-state index is -3.58. The number of pyridine rings is 1. The van der Waals surface area contributed by atoms with E-state index in [1.165, 1.54) is 12.3 Å². The maximum Gasteiger partial charge on any atom is 0.244 e. The predicted molar refractivity (Wildman–Crippen MR) is 80.8 cm³/mol. The monoisotopic (exact) mass is 320 g/mol. The number of anilines is 1. The van der Waals surface area contributed by atoms with Crippen molar-refractivity contribution in [3.8, 4) is 0 Å². The Bertz CT molecular complexity index is 517. The third-order valence-corrected chi connectivity index (χ3v) is 6.88. The molecule has 6 nitrogen and oxygen atoms in total. The Labute approximate surface area is 121 Å². The van der Waals surface area contributed by atoms with Gasteiger partial charge in [0.25, 0.3) is 0 Å². The summed E-state index contributed by atoms with van der Waals surface area (Å²) in [6.07, 6.45) is 1.49. The molecule has 2 heterocycles. The predicted octanol–water partition coefficient (Wildman–Crippen LogP) is 0.494. The smallest absolute Gasteiger partial charge is 0.244 e. The fraction of sp³-hybridized carbons (Fsp3) is 0.500. The van der Waals surface area contributed by atoms with Gasteiger partial charge < -0.3 is 5.43 Å². The summed E-state index contributed by atoms with van der Waals surface area (Å²) in [6.45, 7) is 0.429. The molecule has 106 valence electrons. The lowest BCUT2D eigenvalue weighted by Crippen LogP contribution is -2.34. The van der Waals surface area contributed by atoms with Gasteiger partial charge in [-0.1, -0.05) is 0 Å². The van der Waals surface area contributed by atoms with Gasteiger partial charge in [-0.2, -0.15) is 23.5 Å². The van der Waals surface area contributed by atoms with Gasteiger partial charge in [-0.25, -0.2) is 24.0 Å². The molecule has 1 saturated heterocycles. The molecule has 0 spiro atoms. The van der Waals surface area contributed by atoms with Gasteiger partial charge in [0, 0.05) is 35.3 Å². The summed E-state index contributed by atoms with van der Waals surface area (Å²) in [4.78, 5) is 3.97. The van der Waals surface area contributed by atoms with E-state index in [0.29, 0.717) is 11.8 Å². The third-order valence-electron chi connectivity index (χ3n) is 2.58. The number of hydrazine groups is 1. The minimum absolute atomic E-state index is 0.0750. The molecule has 1 aromatic rings. The first-order valence-corrected chi connectivity index (χ1v) is 9.43. The lowest BCUT2D eigenvalue weighted by atomic mass is 10.5. The molecule has 9 heteroatoms. The Balaban J connectivity index is 2.05. The van der Waals surface area contributed by atoms with Crippen molar-refractivity contribution in [1.29, 1.82) is 0 Å². The van der Waals surface area contributed by atoms with Crippen LogP contribution in [-0.2, 0) is 10.0 Å². The average Bonchev–Trinajstić information content (AvgIpc) is 2.46. The van der Waals surface area contributed by atoms with Crippen molar-refractivity contribution in [2.45, 2.75) is 10.1 Å². The molecule has 1 fully saturated rings. The molecule has 1 aromatic heterocycles. The molecule has 0 bridgehead atoms. The van der Waals surface area contributed by atoms with Crippen LogP contribution in [0.5, 0.6) is 0 Å². The van der Waals surface area contributed by atoms with Crippen molar-refractivity contribution in [2.75, 3.05) is 29.2 Å². The minimum Gasteiger partial charge on any atom is -0.307 e. The summed E-state index contributed by atoms with van der Waals surface area (Å²) < 4.78 is 27.0. The van der Waals surface area contributed by atoms with Crippen molar-refractivity contribution >= 4 is 39.4 Å². The quantitative estimate of drug-likeness (QED) is 0.537. The highest BCUT2D eigenvalue weighted by molar-refractivity contribution is 8.06. The van der Waals surface area contributed by atoms with E-state index < -0.39 is 10.0 Å². The van der Waals surface area contributed by atoms with E-state index in [1.807, 2.05) is 11.8 Å². The number of aromatic nitrogens is 1. The number of sulfonamides is 1. The number of nitrogen functional groups attached to an aromatic ring is 1. The van der Waals surface area contributed by atoms with E-state index in [2.05, 4.69) is 15.1 Å². The Morgan fingerprint density at radius 1 is 1.47 bits per heavy atom. The Hall–Kier alpha value is -0.480. The first-order valence-electron chi connectivity index (χ1n) is 5.74. The number of hydrogen-bond donors (Lipinski definition) is 3. The molecular weight excluding hydrogens is 304 g/mol. The molecule has 1 unspecified atom stereocenters. The molecule has 0 amide bonds. The molecule has 2 rings (SSSR count). The first-order chi connectivity index (χ1) is 9.13. The van der Waals surface area contributed by atoms with Crippen LogP contribution < -0.4 is 16.0 Å². The van der Waals surface area contributed by atoms with Crippen LogP contribution in [-0.4, -0.2) is 42.5 Å². The third kappa shape index (κ3) is 3.99. The summed E-state index contributed by atoms with van der Waals surface area (Å²) in [5.41, 5.74) is 2.30. The van der Waals surface area contributed by atoms with Gasteiger partial charge in [0.15, 0.2) is 5.82 Å². The number of thioether (sulfide) groups is 2. The fourth-order valence-corrected chi connectivity index (χ4v) is 5.57. The zero-order chi connectivity index (χ0) is 13.7. The lowest BCUT2D eigenvalue weighted by molar-refractivity contribution is 0.581. The van der Waals surface area contributed by atoms with Crippen molar-refractivity contribution in [3.63, 3.8) is 0 Å². The molecule has 19 heavy (non-hydrogen) atoms. The summed E-state index contributed by atoms with van der Waals surface area (Å²) >= 11 is 3.66. The Morgan fingerprint density at radius 2 is 2.32 bits per heavy atom. The van der Waals surface area contributed by atoms with Crippen molar-refractivity contribution < 1.29 is 8.42 Å². The average molecular weight is 320 g/mol. The van der Waals surface area contributed by atoms with Crippen LogP contribution in [0.15, 0.2) is 23.2 Å². The highest BCUT2D eigenvalue weighted by Gasteiger charge is 2.22. The van der Waals surface area contributed by atoms with E-state index in [9.17, 15) is 8.42 Å². The largest absolute Gasteiger partial charge is 0.307 e. The van der Waals surface area contributed by atoms with Gasteiger partial charge in [0.1, 0.15) is 4.90 Å². The number of nitrogens with two attached hydrogens (primary N) is 1. The topological polar surface area (TPSA) is 97.1 Å². The molecule has 1 atom stereocenters. The molecule has 0 aromatic carbocycles. The molecule has 0 radical (unpaired) electrons. The SMILES string of the molecule is NNc1ncccc1S(=O)(=O)NCC1CSCCS1. The standard InChI is InChI=1S/C10H16N4O2S3/c11-14-10-9(2-1-3-12-10)19(15,16)13-6-8-7-17-4-5-18-8/h1-3,8,13H,4-7,11H2,(H,12,14). The van der Waals surface area contributed by atoms with Crippen molar-refractivity contribution in [2.24, 2.45) is 5.84 Å². The van der Waals surface area contributed by atoms with Crippen LogP contribution in [0.2, 0.25) is 0 Å². The number of hydrogen-bond acceptors (Lipinski definition) is 7. The maximum absolute atomic E-state index is 12.2. The van der Waals surface area contributed by atoms with Gasteiger partial charge >= 0.3 is 0 Å². The molecule has 0 aliphatic carbocycles. The molecular formula is C10H16N4O2S3. The van der Waals surface area contributed by atoms with Crippen LogP contribution in [0.4, 0.5) is 5.82 Å². The van der Waals surface area contributed by atoms with E-state index in [1.54, 1.807) is 17.8 Å². The normalized spacial score (nSPS) is 20.2. The Kier molecular flexibility index (Phi) is 5.34. The Morgan fingerprint density at radius 3 is 3.00 bits per heavy atom. The summed E-state index contributed by atoms with van der Waals surface area (Å²) in [7, 11) is -3.58. The van der Waals surface area contributed by atoms with Crippen LogP contribution >= 0.6 is 23.5 Å². The second-order valence-corrected chi connectivity index (χ2v) is 8.21. The second kappa shape index (κ2) is 6.80. The number of nitrogens with one attached hydrogen (secondary N) is 2. The first kappa shape index (κ1) is 14.9. The summed E-state index contributed by atoms with van der Waals surface area (Å²) in [5, 5.41) is 0.319. The highest BCUT2D eigenvalue weighted by atomic mass is 32.2. The molecule has 1 aliphatic heterocycles. The molecule has 4 N–H and O–H groups in total. The van der Waals surface area contributed by atoms with Gasteiger partial charge in [-0.15, -0.1) is 0 Å². The van der Waals surface area contributed by atoms with Crippen LogP contribution in [0.3, 0.4) is 0 Å². The molecule has 0 saturated carbocycles.